The van der Waals surface area contributed by atoms with Crippen LogP contribution in [0.15, 0.2) is 12.3 Å². The molecule has 5 heteroatoms. The largest absolute Gasteiger partial charge is 0.444 e. The highest BCUT2D eigenvalue weighted by molar-refractivity contribution is 5.68. The maximum Gasteiger partial charge on any atom is 0.410 e. The van der Waals surface area contributed by atoms with E-state index in [1.165, 1.54) is 0 Å². The van der Waals surface area contributed by atoms with Crippen LogP contribution < -0.4 is 0 Å². The minimum atomic E-state index is -0.460. The molecule has 5 nitrogen and oxygen atoms in total. The van der Waals surface area contributed by atoms with E-state index >= 15 is 0 Å². The van der Waals surface area contributed by atoms with Crippen molar-refractivity contribution in [2.75, 3.05) is 6.54 Å². The van der Waals surface area contributed by atoms with Gasteiger partial charge < -0.3 is 9.64 Å². The van der Waals surface area contributed by atoms with Gasteiger partial charge in [-0.3, -0.25) is 5.10 Å². The summed E-state index contributed by atoms with van der Waals surface area (Å²) in [6.07, 6.45) is 1.36. The van der Waals surface area contributed by atoms with Gasteiger partial charge in [-0.1, -0.05) is 0 Å². The number of aromatic amines is 1. The fraction of sp³-hybridized carbons (Fsp3) is 0.636. The first-order valence-electron chi connectivity index (χ1n) is 5.38. The number of hydrogen-bond donors (Lipinski definition) is 1. The van der Waals surface area contributed by atoms with Gasteiger partial charge in [0, 0.05) is 12.7 Å². The van der Waals surface area contributed by atoms with E-state index in [-0.39, 0.29) is 6.09 Å². The van der Waals surface area contributed by atoms with Gasteiger partial charge in [0.05, 0.1) is 12.2 Å². The molecule has 1 amide bonds. The molecule has 1 rings (SSSR count). The molecule has 90 valence electrons. The SMILES string of the molecule is CCN(Cc1ccn[nH]1)C(=O)OC(C)(C)C. The summed E-state index contributed by atoms with van der Waals surface area (Å²) in [5.41, 5.74) is 0.436. The third-order valence-electron chi connectivity index (χ3n) is 1.95. The fourth-order valence-electron chi connectivity index (χ4n) is 1.21. The van der Waals surface area contributed by atoms with Crippen LogP contribution in [0.1, 0.15) is 33.4 Å². The van der Waals surface area contributed by atoms with Crippen molar-refractivity contribution >= 4 is 6.09 Å². The van der Waals surface area contributed by atoms with Crippen LogP contribution >= 0.6 is 0 Å². The Balaban J connectivity index is 2.57. The molecule has 0 bridgehead atoms. The van der Waals surface area contributed by atoms with Crippen molar-refractivity contribution in [3.8, 4) is 0 Å². The van der Waals surface area contributed by atoms with Crippen LogP contribution in [0.3, 0.4) is 0 Å². The van der Waals surface area contributed by atoms with Crippen molar-refractivity contribution in [2.24, 2.45) is 0 Å². The zero-order valence-electron chi connectivity index (χ0n) is 10.3. The second-order valence-corrected chi connectivity index (χ2v) is 4.58. The van der Waals surface area contributed by atoms with Crippen LogP contribution in [-0.2, 0) is 11.3 Å². The molecule has 0 unspecified atom stereocenters. The van der Waals surface area contributed by atoms with Gasteiger partial charge in [0.15, 0.2) is 0 Å². The van der Waals surface area contributed by atoms with Crippen molar-refractivity contribution in [2.45, 2.75) is 39.8 Å². The quantitative estimate of drug-likeness (QED) is 0.857. The molecule has 0 aliphatic rings. The number of hydrogen-bond acceptors (Lipinski definition) is 3. The van der Waals surface area contributed by atoms with Crippen LogP contribution in [0.25, 0.3) is 0 Å². The lowest BCUT2D eigenvalue weighted by Crippen LogP contribution is -2.36. The minimum Gasteiger partial charge on any atom is -0.444 e. The third kappa shape index (κ3) is 3.92. The Morgan fingerprint density at radius 1 is 1.56 bits per heavy atom. The van der Waals surface area contributed by atoms with Crippen molar-refractivity contribution in [3.63, 3.8) is 0 Å². The maximum atomic E-state index is 11.8. The standard InChI is InChI=1S/C11H19N3O2/c1-5-14(8-9-6-7-12-13-9)10(15)16-11(2,3)4/h6-7H,5,8H2,1-4H3,(H,12,13). The molecule has 0 spiro atoms. The van der Waals surface area contributed by atoms with Crippen LogP contribution in [0.4, 0.5) is 4.79 Å². The minimum absolute atomic E-state index is 0.301. The number of amides is 1. The van der Waals surface area contributed by atoms with E-state index in [0.717, 1.165) is 5.69 Å². The molecule has 0 aromatic carbocycles. The number of nitrogens with zero attached hydrogens (tertiary/aromatic N) is 2. The second kappa shape index (κ2) is 5.01. The maximum absolute atomic E-state index is 11.8. The summed E-state index contributed by atoms with van der Waals surface area (Å²) in [7, 11) is 0. The highest BCUT2D eigenvalue weighted by Gasteiger charge is 2.21. The van der Waals surface area contributed by atoms with Crippen LogP contribution in [0.2, 0.25) is 0 Å². The van der Waals surface area contributed by atoms with Crippen LogP contribution in [0.5, 0.6) is 0 Å². The number of carbonyl (C=O) groups excluding carboxylic acids is 1. The molecular formula is C11H19N3O2. The Labute approximate surface area is 95.8 Å². The van der Waals surface area contributed by atoms with Gasteiger partial charge in [0.1, 0.15) is 5.60 Å². The summed E-state index contributed by atoms with van der Waals surface area (Å²) >= 11 is 0. The molecule has 0 aliphatic carbocycles. The predicted molar refractivity (Wildman–Crippen MR) is 60.9 cm³/mol. The Bertz CT molecular complexity index is 327. The number of aromatic nitrogens is 2. The summed E-state index contributed by atoms with van der Waals surface area (Å²) in [4.78, 5) is 13.4. The number of nitrogens with one attached hydrogen (secondary N) is 1. The monoisotopic (exact) mass is 225 g/mol. The molecule has 0 atom stereocenters. The average Bonchev–Trinajstić information content (AvgIpc) is 2.63. The third-order valence-corrected chi connectivity index (χ3v) is 1.95. The van der Waals surface area contributed by atoms with Gasteiger partial charge in [-0.2, -0.15) is 5.10 Å². The molecule has 0 saturated carbocycles. The number of ether oxygens (including phenoxy) is 1. The van der Waals surface area contributed by atoms with Gasteiger partial charge in [0.25, 0.3) is 0 Å². The fourth-order valence-corrected chi connectivity index (χ4v) is 1.21. The first-order chi connectivity index (χ1) is 7.42. The summed E-state index contributed by atoms with van der Waals surface area (Å²) in [6, 6.07) is 1.84. The molecular weight excluding hydrogens is 206 g/mol. The van der Waals surface area contributed by atoms with Crippen molar-refractivity contribution in [3.05, 3.63) is 18.0 Å². The predicted octanol–water partition coefficient (Wildman–Crippen LogP) is 2.17. The molecule has 0 aliphatic heterocycles. The van der Waals surface area contributed by atoms with Crippen LogP contribution in [-0.4, -0.2) is 33.3 Å². The Morgan fingerprint density at radius 3 is 2.69 bits per heavy atom. The normalized spacial score (nSPS) is 11.2. The van der Waals surface area contributed by atoms with Gasteiger partial charge in [-0.05, 0) is 33.8 Å². The first-order valence-corrected chi connectivity index (χ1v) is 5.38. The lowest BCUT2D eigenvalue weighted by molar-refractivity contribution is 0.0242. The van der Waals surface area contributed by atoms with Gasteiger partial charge >= 0.3 is 6.09 Å². The first kappa shape index (κ1) is 12.5. The molecule has 0 saturated heterocycles. The number of H-pyrrole nitrogens is 1. The smallest absolute Gasteiger partial charge is 0.410 e. The van der Waals surface area contributed by atoms with Gasteiger partial charge in [-0.15, -0.1) is 0 Å². The van der Waals surface area contributed by atoms with Crippen molar-refractivity contribution < 1.29 is 9.53 Å². The van der Waals surface area contributed by atoms with E-state index < -0.39 is 5.60 Å². The van der Waals surface area contributed by atoms with E-state index in [0.29, 0.717) is 13.1 Å². The summed E-state index contributed by atoms with van der Waals surface area (Å²) < 4.78 is 5.29. The highest BCUT2D eigenvalue weighted by atomic mass is 16.6. The summed E-state index contributed by atoms with van der Waals surface area (Å²) in [5.74, 6) is 0. The Morgan fingerprint density at radius 2 is 2.25 bits per heavy atom. The second-order valence-electron chi connectivity index (χ2n) is 4.58. The highest BCUT2D eigenvalue weighted by Crippen LogP contribution is 2.11. The van der Waals surface area contributed by atoms with E-state index in [1.54, 1.807) is 11.1 Å². The van der Waals surface area contributed by atoms with Gasteiger partial charge in [-0.25, -0.2) is 4.79 Å². The van der Waals surface area contributed by atoms with Crippen molar-refractivity contribution in [1.82, 2.24) is 15.1 Å². The molecule has 1 heterocycles. The van der Waals surface area contributed by atoms with E-state index in [1.807, 2.05) is 33.8 Å². The molecule has 0 radical (unpaired) electrons. The summed E-state index contributed by atoms with van der Waals surface area (Å²) in [5, 5.41) is 6.66. The van der Waals surface area contributed by atoms with Crippen molar-refractivity contribution in [1.29, 1.82) is 0 Å². The zero-order valence-corrected chi connectivity index (χ0v) is 10.3. The molecule has 16 heavy (non-hydrogen) atoms. The summed E-state index contributed by atoms with van der Waals surface area (Å²) in [6.45, 7) is 8.58. The van der Waals surface area contributed by atoms with E-state index in [4.69, 9.17) is 4.74 Å². The zero-order chi connectivity index (χ0) is 12.2. The lowest BCUT2D eigenvalue weighted by atomic mass is 10.2. The molecule has 0 fully saturated rings. The van der Waals surface area contributed by atoms with Crippen LogP contribution in [0, 0.1) is 0 Å². The molecule has 1 aromatic heterocycles. The van der Waals surface area contributed by atoms with Gasteiger partial charge in [0.2, 0.25) is 0 Å². The molecule has 1 aromatic rings. The Kier molecular flexibility index (Phi) is 3.93. The molecule has 1 N–H and O–H groups in total. The average molecular weight is 225 g/mol. The lowest BCUT2D eigenvalue weighted by Gasteiger charge is -2.26. The topological polar surface area (TPSA) is 58.2 Å². The Hall–Kier alpha value is -1.52. The van der Waals surface area contributed by atoms with E-state index in [9.17, 15) is 4.79 Å². The van der Waals surface area contributed by atoms with E-state index in [2.05, 4.69) is 10.2 Å². The number of rotatable bonds is 3. The number of carbonyl (C=O) groups is 1.